The Morgan fingerprint density at radius 3 is 2.31 bits per heavy atom. The van der Waals surface area contributed by atoms with Crippen molar-refractivity contribution in [3.63, 3.8) is 0 Å². The van der Waals surface area contributed by atoms with Crippen LogP contribution in [0.1, 0.15) is 18.4 Å². The van der Waals surface area contributed by atoms with Gasteiger partial charge in [0, 0.05) is 0 Å². The number of hydrogen-bond acceptors (Lipinski definition) is 2. The van der Waals surface area contributed by atoms with Gasteiger partial charge in [-0.15, -0.1) is 0 Å². The van der Waals surface area contributed by atoms with Gasteiger partial charge in [-0.3, -0.25) is 0 Å². The smallest absolute Gasteiger partial charge is 0.225 e. The second-order valence-electron chi connectivity index (χ2n) is 2.98. The zero-order valence-electron chi connectivity index (χ0n) is 7.40. The fourth-order valence-electron chi connectivity index (χ4n) is 1.15. The largest absolute Gasteiger partial charge is 0.238 e. The minimum atomic E-state index is -3.62. The Kier molecular flexibility index (Phi) is 2.73. The van der Waals surface area contributed by atoms with E-state index in [-0.39, 0.29) is 10.8 Å². The standard InChI is InChI=1S/C9H12NO2S/c1-7(2)8-5-3-4-6-9(8)13(10,11)12/h3-7H,1H2,2H3,(H2,10,11,12). The summed E-state index contributed by atoms with van der Waals surface area (Å²) in [5.41, 5.74) is 0.657. The molecule has 0 bridgehead atoms. The van der Waals surface area contributed by atoms with E-state index in [0.717, 1.165) is 0 Å². The van der Waals surface area contributed by atoms with Gasteiger partial charge < -0.3 is 0 Å². The third kappa shape index (κ3) is 2.29. The normalized spacial score (nSPS) is 12.0. The molecule has 1 unspecified atom stereocenters. The first-order chi connectivity index (χ1) is 5.93. The van der Waals surface area contributed by atoms with Crippen LogP contribution in [0, 0.1) is 6.92 Å². The van der Waals surface area contributed by atoms with Gasteiger partial charge in [-0.25, -0.2) is 13.6 Å². The SMILES string of the molecule is [CH2]C(C)c1ccccc1S(N)(=O)=O. The highest BCUT2D eigenvalue weighted by molar-refractivity contribution is 7.89. The summed E-state index contributed by atoms with van der Waals surface area (Å²) in [6.45, 7) is 5.59. The highest BCUT2D eigenvalue weighted by Gasteiger charge is 2.14. The molecule has 0 spiro atoms. The van der Waals surface area contributed by atoms with Crippen molar-refractivity contribution in [2.24, 2.45) is 5.14 Å². The molecule has 0 fully saturated rings. The van der Waals surface area contributed by atoms with Crippen LogP contribution in [0.4, 0.5) is 0 Å². The molecule has 1 rings (SSSR count). The molecule has 0 amide bonds. The van der Waals surface area contributed by atoms with E-state index in [4.69, 9.17) is 5.14 Å². The third-order valence-corrected chi connectivity index (χ3v) is 2.74. The minimum absolute atomic E-state index is 0.0884. The average molecular weight is 198 g/mol. The summed E-state index contributed by atoms with van der Waals surface area (Å²) in [6, 6.07) is 6.63. The topological polar surface area (TPSA) is 60.2 Å². The van der Waals surface area contributed by atoms with Crippen molar-refractivity contribution in [2.45, 2.75) is 17.7 Å². The number of hydrogen-bond donors (Lipinski definition) is 1. The van der Waals surface area contributed by atoms with Gasteiger partial charge in [-0.2, -0.15) is 0 Å². The van der Waals surface area contributed by atoms with Crippen LogP contribution >= 0.6 is 0 Å². The van der Waals surface area contributed by atoms with E-state index in [9.17, 15) is 8.42 Å². The quantitative estimate of drug-likeness (QED) is 0.778. The second kappa shape index (κ2) is 3.47. The fraction of sp³-hybridized carbons (Fsp3) is 0.222. The number of sulfonamides is 1. The summed E-state index contributed by atoms with van der Waals surface area (Å²) in [6.07, 6.45) is 0. The zero-order valence-corrected chi connectivity index (χ0v) is 8.21. The third-order valence-electron chi connectivity index (χ3n) is 1.76. The van der Waals surface area contributed by atoms with Crippen LogP contribution < -0.4 is 5.14 Å². The first kappa shape index (κ1) is 10.2. The Hall–Kier alpha value is -0.870. The molecule has 1 aromatic carbocycles. The molecule has 0 aliphatic rings. The van der Waals surface area contributed by atoms with E-state index in [1.54, 1.807) is 18.2 Å². The minimum Gasteiger partial charge on any atom is -0.225 e. The van der Waals surface area contributed by atoms with Gasteiger partial charge in [0.1, 0.15) is 0 Å². The number of nitrogens with two attached hydrogens (primary N) is 1. The van der Waals surface area contributed by atoms with Crippen LogP contribution in [0.3, 0.4) is 0 Å². The molecule has 0 saturated heterocycles. The van der Waals surface area contributed by atoms with Gasteiger partial charge in [0.2, 0.25) is 10.0 Å². The predicted octanol–water partition coefficient (Wildman–Crippen LogP) is 1.27. The first-order valence-corrected chi connectivity index (χ1v) is 5.42. The molecule has 0 aliphatic carbocycles. The Bertz CT molecular complexity index is 396. The summed E-state index contributed by atoms with van der Waals surface area (Å²) >= 11 is 0. The summed E-state index contributed by atoms with van der Waals surface area (Å²) < 4.78 is 22.2. The lowest BCUT2D eigenvalue weighted by Gasteiger charge is -2.09. The van der Waals surface area contributed by atoms with E-state index in [1.807, 2.05) is 6.92 Å². The van der Waals surface area contributed by atoms with Crippen molar-refractivity contribution in [3.8, 4) is 0 Å². The van der Waals surface area contributed by atoms with Crippen molar-refractivity contribution in [3.05, 3.63) is 36.8 Å². The molecule has 0 aromatic heterocycles. The molecule has 71 valence electrons. The van der Waals surface area contributed by atoms with Gasteiger partial charge in [-0.05, 0) is 24.5 Å². The van der Waals surface area contributed by atoms with E-state index >= 15 is 0 Å². The summed E-state index contributed by atoms with van der Waals surface area (Å²) in [5, 5.41) is 5.04. The first-order valence-electron chi connectivity index (χ1n) is 3.87. The second-order valence-corrected chi connectivity index (χ2v) is 4.51. The summed E-state index contributed by atoms with van der Waals surface area (Å²) in [5.74, 6) is -0.0884. The maximum atomic E-state index is 11.1. The summed E-state index contributed by atoms with van der Waals surface area (Å²) in [4.78, 5) is 0.164. The molecule has 3 nitrogen and oxygen atoms in total. The van der Waals surface area contributed by atoms with Crippen LogP contribution in [-0.2, 0) is 10.0 Å². The van der Waals surface area contributed by atoms with Crippen LogP contribution in [0.15, 0.2) is 29.2 Å². The predicted molar refractivity (Wildman–Crippen MR) is 51.6 cm³/mol. The molecule has 4 heteroatoms. The lowest BCUT2D eigenvalue weighted by molar-refractivity contribution is 0.596. The monoisotopic (exact) mass is 198 g/mol. The maximum absolute atomic E-state index is 11.1. The molecular formula is C9H12NO2S. The van der Waals surface area contributed by atoms with Gasteiger partial charge >= 0.3 is 0 Å². The molecule has 1 radical (unpaired) electrons. The van der Waals surface area contributed by atoms with E-state index in [1.165, 1.54) is 6.07 Å². The van der Waals surface area contributed by atoms with Crippen molar-refractivity contribution < 1.29 is 8.42 Å². The molecule has 0 saturated carbocycles. The highest BCUT2D eigenvalue weighted by atomic mass is 32.2. The van der Waals surface area contributed by atoms with Crippen LogP contribution in [-0.4, -0.2) is 8.42 Å². The summed E-state index contributed by atoms with van der Waals surface area (Å²) in [7, 11) is -3.62. The molecule has 1 aromatic rings. The van der Waals surface area contributed by atoms with Crippen molar-refractivity contribution in [1.29, 1.82) is 0 Å². The fourth-order valence-corrected chi connectivity index (χ4v) is 2.01. The van der Waals surface area contributed by atoms with Crippen LogP contribution in [0.2, 0.25) is 0 Å². The number of benzene rings is 1. The molecule has 1 atom stereocenters. The van der Waals surface area contributed by atoms with Crippen LogP contribution in [0.5, 0.6) is 0 Å². The molecular weight excluding hydrogens is 186 g/mol. The molecule has 13 heavy (non-hydrogen) atoms. The highest BCUT2D eigenvalue weighted by Crippen LogP contribution is 2.21. The van der Waals surface area contributed by atoms with Gasteiger partial charge in [-0.1, -0.05) is 25.1 Å². The Labute approximate surface area is 78.6 Å². The van der Waals surface area contributed by atoms with E-state index in [0.29, 0.717) is 5.56 Å². The maximum Gasteiger partial charge on any atom is 0.238 e. The zero-order chi connectivity index (χ0) is 10.1. The van der Waals surface area contributed by atoms with Gasteiger partial charge in [0.15, 0.2) is 0 Å². The lowest BCUT2D eigenvalue weighted by Crippen LogP contribution is -2.14. The van der Waals surface area contributed by atoms with Crippen LogP contribution in [0.25, 0.3) is 0 Å². The van der Waals surface area contributed by atoms with Gasteiger partial charge in [0.05, 0.1) is 4.90 Å². The lowest BCUT2D eigenvalue weighted by atomic mass is 10.0. The number of rotatable bonds is 2. The van der Waals surface area contributed by atoms with Gasteiger partial charge in [0.25, 0.3) is 0 Å². The Morgan fingerprint density at radius 2 is 1.92 bits per heavy atom. The van der Waals surface area contributed by atoms with E-state index in [2.05, 4.69) is 6.92 Å². The molecule has 0 heterocycles. The molecule has 2 N–H and O–H groups in total. The average Bonchev–Trinajstić information content (AvgIpc) is 2.03. The van der Waals surface area contributed by atoms with Crippen molar-refractivity contribution >= 4 is 10.0 Å². The van der Waals surface area contributed by atoms with Crippen molar-refractivity contribution in [2.75, 3.05) is 0 Å². The molecule has 0 aliphatic heterocycles. The van der Waals surface area contributed by atoms with Crippen molar-refractivity contribution in [1.82, 2.24) is 0 Å². The Morgan fingerprint density at radius 1 is 1.38 bits per heavy atom. The number of primary sulfonamides is 1. The Balaban J connectivity index is 3.37. The van der Waals surface area contributed by atoms with E-state index < -0.39 is 10.0 Å².